The Kier molecular flexibility index (Phi) is 7.40. The Hall–Kier alpha value is -2.36. The van der Waals surface area contributed by atoms with Gasteiger partial charge in [0.1, 0.15) is 0 Å². The molecule has 0 bridgehead atoms. The van der Waals surface area contributed by atoms with Gasteiger partial charge in [-0.15, -0.1) is 0 Å². The molecule has 3 rings (SSSR count). The molecule has 2 aromatic rings. The highest BCUT2D eigenvalue weighted by Crippen LogP contribution is 2.30. The average Bonchev–Trinajstić information content (AvgIpc) is 2.75. The lowest BCUT2D eigenvalue weighted by molar-refractivity contribution is 0.102. The maximum atomic E-state index is 13.1. The third kappa shape index (κ3) is 5.47. The molecule has 0 spiro atoms. The second-order valence-electron chi connectivity index (χ2n) is 7.66. The predicted octanol–water partition coefficient (Wildman–Crippen LogP) is 4.20. The number of sulfonamides is 1. The molecule has 0 saturated carbocycles. The molecule has 2 aromatic carbocycles. The number of thioether (sulfide) groups is 1. The summed E-state index contributed by atoms with van der Waals surface area (Å²) in [6.07, 6.45) is 2.72. The number of nitrogens with zero attached hydrogens (tertiary/aromatic N) is 2. The van der Waals surface area contributed by atoms with Crippen molar-refractivity contribution in [2.24, 2.45) is 0 Å². The zero-order valence-electron chi connectivity index (χ0n) is 17.9. The summed E-state index contributed by atoms with van der Waals surface area (Å²) in [5.41, 5.74) is 1.35. The highest BCUT2D eigenvalue weighted by Gasteiger charge is 2.28. The van der Waals surface area contributed by atoms with Crippen molar-refractivity contribution in [1.82, 2.24) is 9.21 Å². The normalized spacial score (nSPS) is 14.8. The first-order valence-electron chi connectivity index (χ1n) is 10.1. The number of aryl methyl sites for hydroxylation is 1. The standard InChI is InChI=1S/C22H27N3O4S2/c1-16-11-12-17(15-20(16)31(28,29)25-13-7-4-8-14-25)21(26)23-18-9-5-6-10-19(18)30-22(27)24(2)3/h5-6,9-12,15H,4,7-8,13-14H2,1-3H3,(H,23,26). The van der Waals surface area contributed by atoms with Gasteiger partial charge in [-0.05, 0) is 61.4 Å². The Bertz CT molecular complexity index is 1080. The fourth-order valence-corrected chi connectivity index (χ4v) is 5.82. The van der Waals surface area contributed by atoms with Crippen molar-refractivity contribution in [3.63, 3.8) is 0 Å². The van der Waals surface area contributed by atoms with Gasteiger partial charge in [0.05, 0.1) is 10.6 Å². The Balaban J connectivity index is 1.86. The molecule has 1 fully saturated rings. The quantitative estimate of drug-likeness (QED) is 0.675. The number of nitrogens with one attached hydrogen (secondary N) is 1. The predicted molar refractivity (Wildman–Crippen MR) is 123 cm³/mol. The van der Waals surface area contributed by atoms with Crippen LogP contribution in [0.1, 0.15) is 35.2 Å². The van der Waals surface area contributed by atoms with E-state index in [1.807, 2.05) is 0 Å². The number of para-hydroxylation sites is 1. The van der Waals surface area contributed by atoms with E-state index in [9.17, 15) is 18.0 Å². The van der Waals surface area contributed by atoms with Gasteiger partial charge in [0.25, 0.3) is 11.1 Å². The van der Waals surface area contributed by atoms with Gasteiger partial charge in [-0.3, -0.25) is 9.59 Å². The number of hydrogen-bond donors (Lipinski definition) is 1. The van der Waals surface area contributed by atoms with Crippen molar-refractivity contribution in [2.45, 2.75) is 36.0 Å². The first kappa shape index (κ1) is 23.3. The molecule has 1 saturated heterocycles. The monoisotopic (exact) mass is 461 g/mol. The zero-order chi connectivity index (χ0) is 22.6. The molecule has 9 heteroatoms. The molecule has 1 aliphatic rings. The summed E-state index contributed by atoms with van der Waals surface area (Å²) in [5, 5.41) is 2.65. The highest BCUT2D eigenvalue weighted by molar-refractivity contribution is 8.13. The first-order valence-corrected chi connectivity index (χ1v) is 12.4. The Morgan fingerprint density at radius 2 is 1.71 bits per heavy atom. The van der Waals surface area contributed by atoms with Crippen LogP contribution >= 0.6 is 11.8 Å². The summed E-state index contributed by atoms with van der Waals surface area (Å²) < 4.78 is 27.8. The fourth-order valence-electron chi connectivity index (χ4n) is 3.30. The topological polar surface area (TPSA) is 86.8 Å². The van der Waals surface area contributed by atoms with Gasteiger partial charge in [0, 0.05) is 37.6 Å². The lowest BCUT2D eigenvalue weighted by Gasteiger charge is -2.26. The molecule has 0 radical (unpaired) electrons. The van der Waals surface area contributed by atoms with Gasteiger partial charge in [0.2, 0.25) is 10.0 Å². The molecule has 1 heterocycles. The molecule has 0 aliphatic carbocycles. The fraction of sp³-hybridized carbons (Fsp3) is 0.364. The summed E-state index contributed by atoms with van der Waals surface area (Å²) in [5.74, 6) is -0.430. The number of carbonyl (C=O) groups excluding carboxylic acids is 2. The van der Waals surface area contributed by atoms with Crippen molar-refractivity contribution in [2.75, 3.05) is 32.5 Å². The molecule has 31 heavy (non-hydrogen) atoms. The molecule has 1 aliphatic heterocycles. The van der Waals surface area contributed by atoms with Crippen LogP contribution in [0.5, 0.6) is 0 Å². The van der Waals surface area contributed by atoms with E-state index in [1.165, 1.54) is 15.3 Å². The van der Waals surface area contributed by atoms with Gasteiger partial charge in [0.15, 0.2) is 0 Å². The van der Waals surface area contributed by atoms with E-state index in [1.54, 1.807) is 57.4 Å². The van der Waals surface area contributed by atoms with E-state index < -0.39 is 15.9 Å². The number of benzene rings is 2. The lowest BCUT2D eigenvalue weighted by atomic mass is 10.1. The van der Waals surface area contributed by atoms with E-state index in [0.717, 1.165) is 31.0 Å². The third-order valence-corrected chi connectivity index (χ3v) is 8.24. The number of hydrogen-bond acceptors (Lipinski definition) is 5. The number of carbonyl (C=O) groups is 2. The van der Waals surface area contributed by atoms with E-state index in [4.69, 9.17) is 0 Å². The van der Waals surface area contributed by atoms with Crippen molar-refractivity contribution < 1.29 is 18.0 Å². The van der Waals surface area contributed by atoms with E-state index >= 15 is 0 Å². The molecule has 0 aromatic heterocycles. The van der Waals surface area contributed by atoms with Crippen LogP contribution in [0.15, 0.2) is 52.3 Å². The summed E-state index contributed by atoms with van der Waals surface area (Å²) >= 11 is 1.01. The summed E-state index contributed by atoms with van der Waals surface area (Å²) in [4.78, 5) is 27.2. The second kappa shape index (κ2) is 9.84. The molecule has 166 valence electrons. The second-order valence-corrected chi connectivity index (χ2v) is 10.6. The lowest BCUT2D eigenvalue weighted by Crippen LogP contribution is -2.36. The van der Waals surface area contributed by atoms with Gasteiger partial charge in [-0.25, -0.2) is 8.42 Å². The minimum atomic E-state index is -3.66. The average molecular weight is 462 g/mol. The van der Waals surface area contributed by atoms with Crippen LogP contribution in [0.25, 0.3) is 0 Å². The van der Waals surface area contributed by atoms with Crippen molar-refractivity contribution in [3.8, 4) is 0 Å². The molecule has 2 amide bonds. The SMILES string of the molecule is Cc1ccc(C(=O)Nc2ccccc2SC(=O)N(C)C)cc1S(=O)(=O)N1CCCCC1. The molecule has 1 N–H and O–H groups in total. The third-order valence-electron chi connectivity index (χ3n) is 5.08. The van der Waals surface area contributed by atoms with Gasteiger partial charge in [-0.2, -0.15) is 4.31 Å². The molecule has 0 atom stereocenters. The van der Waals surface area contributed by atoms with Crippen molar-refractivity contribution >= 4 is 38.6 Å². The summed E-state index contributed by atoms with van der Waals surface area (Å²) in [7, 11) is -0.336. The van der Waals surface area contributed by atoms with E-state index in [-0.39, 0.29) is 15.7 Å². The van der Waals surface area contributed by atoms with Gasteiger partial charge >= 0.3 is 0 Å². The Morgan fingerprint density at radius 3 is 2.39 bits per heavy atom. The highest BCUT2D eigenvalue weighted by atomic mass is 32.2. The largest absolute Gasteiger partial charge is 0.339 e. The van der Waals surface area contributed by atoms with Crippen LogP contribution in [0.4, 0.5) is 10.5 Å². The number of anilines is 1. The maximum Gasteiger partial charge on any atom is 0.286 e. The maximum absolute atomic E-state index is 13.1. The minimum absolute atomic E-state index is 0.160. The smallest absolute Gasteiger partial charge is 0.286 e. The van der Waals surface area contributed by atoms with Crippen LogP contribution in [-0.2, 0) is 10.0 Å². The van der Waals surface area contributed by atoms with Crippen LogP contribution in [-0.4, -0.2) is 56.0 Å². The van der Waals surface area contributed by atoms with Crippen molar-refractivity contribution in [3.05, 3.63) is 53.6 Å². The van der Waals surface area contributed by atoms with Crippen LogP contribution < -0.4 is 5.32 Å². The Morgan fingerprint density at radius 1 is 1.03 bits per heavy atom. The van der Waals surface area contributed by atoms with Crippen molar-refractivity contribution in [1.29, 1.82) is 0 Å². The summed E-state index contributed by atoms with van der Waals surface area (Å²) in [6, 6.07) is 11.7. The van der Waals surface area contributed by atoms with Crippen LogP contribution in [0.2, 0.25) is 0 Å². The molecule has 7 nitrogen and oxygen atoms in total. The van der Waals surface area contributed by atoms with Gasteiger partial charge in [-0.1, -0.05) is 24.6 Å². The zero-order valence-corrected chi connectivity index (χ0v) is 19.6. The molecule has 0 unspecified atom stereocenters. The molecular weight excluding hydrogens is 434 g/mol. The summed E-state index contributed by atoms with van der Waals surface area (Å²) in [6.45, 7) is 2.74. The van der Waals surface area contributed by atoms with Gasteiger partial charge < -0.3 is 10.2 Å². The van der Waals surface area contributed by atoms with E-state index in [0.29, 0.717) is 29.2 Å². The number of rotatable bonds is 5. The Labute approximate surface area is 187 Å². The number of piperidine rings is 1. The number of amides is 2. The van der Waals surface area contributed by atoms with Crippen LogP contribution in [0, 0.1) is 6.92 Å². The first-order chi connectivity index (χ1) is 14.7. The minimum Gasteiger partial charge on any atom is -0.339 e. The van der Waals surface area contributed by atoms with E-state index in [2.05, 4.69) is 5.32 Å². The molecular formula is C22H27N3O4S2. The van der Waals surface area contributed by atoms with Crippen LogP contribution in [0.3, 0.4) is 0 Å².